The quantitative estimate of drug-likeness (QED) is 0.853. The van der Waals surface area contributed by atoms with Gasteiger partial charge in [-0.05, 0) is 37.1 Å². The maximum Gasteiger partial charge on any atom is 0.0409 e. The summed E-state index contributed by atoms with van der Waals surface area (Å²) in [4.78, 5) is 0. The lowest BCUT2D eigenvalue weighted by Gasteiger charge is -2.14. The van der Waals surface area contributed by atoms with Gasteiger partial charge in [-0.2, -0.15) is 0 Å². The van der Waals surface area contributed by atoms with Crippen LogP contribution in [-0.2, 0) is 6.54 Å². The van der Waals surface area contributed by atoms with Crippen LogP contribution in [-0.4, -0.2) is 0 Å². The van der Waals surface area contributed by atoms with Crippen molar-refractivity contribution in [3.05, 3.63) is 70.2 Å². The fourth-order valence-electron chi connectivity index (χ4n) is 1.99. The number of rotatable bonds is 4. The summed E-state index contributed by atoms with van der Waals surface area (Å²) in [6.45, 7) is 5.14. The van der Waals surface area contributed by atoms with E-state index in [1.807, 2.05) is 18.2 Å². The molecule has 0 saturated heterocycles. The molecule has 0 aliphatic rings. The molecule has 94 valence electrons. The second-order valence-corrected chi connectivity index (χ2v) is 5.08. The van der Waals surface area contributed by atoms with Crippen LogP contribution in [0.4, 0.5) is 0 Å². The van der Waals surface area contributed by atoms with E-state index in [2.05, 4.69) is 49.5 Å². The molecule has 0 aliphatic carbocycles. The SMILES string of the molecule is Cc1cccc(CNC(C)c2cccc(Cl)c2)c1. The molecular weight excluding hydrogens is 242 g/mol. The van der Waals surface area contributed by atoms with Gasteiger partial charge < -0.3 is 5.32 Å². The van der Waals surface area contributed by atoms with Gasteiger partial charge in [0, 0.05) is 17.6 Å². The monoisotopic (exact) mass is 259 g/mol. The predicted octanol–water partition coefficient (Wildman–Crippen LogP) is 4.50. The Hall–Kier alpha value is -1.31. The molecule has 0 fully saturated rings. The average molecular weight is 260 g/mol. The fourth-order valence-corrected chi connectivity index (χ4v) is 2.19. The first kappa shape index (κ1) is 13.1. The van der Waals surface area contributed by atoms with Gasteiger partial charge in [0.2, 0.25) is 0 Å². The Bertz CT molecular complexity index is 522. The Kier molecular flexibility index (Phi) is 4.40. The molecule has 0 saturated carbocycles. The fraction of sp³-hybridized carbons (Fsp3) is 0.250. The molecule has 1 unspecified atom stereocenters. The summed E-state index contributed by atoms with van der Waals surface area (Å²) in [6.07, 6.45) is 0. The third-order valence-electron chi connectivity index (χ3n) is 3.04. The number of nitrogens with one attached hydrogen (secondary N) is 1. The highest BCUT2D eigenvalue weighted by molar-refractivity contribution is 6.30. The number of hydrogen-bond acceptors (Lipinski definition) is 1. The molecule has 2 heteroatoms. The molecule has 0 spiro atoms. The first-order chi connectivity index (χ1) is 8.65. The van der Waals surface area contributed by atoms with E-state index in [4.69, 9.17) is 11.6 Å². The lowest BCUT2D eigenvalue weighted by molar-refractivity contribution is 0.574. The van der Waals surface area contributed by atoms with Gasteiger partial charge in [0.15, 0.2) is 0 Å². The number of halogens is 1. The maximum atomic E-state index is 6.00. The standard InChI is InChI=1S/C16H18ClN/c1-12-5-3-6-14(9-12)11-18-13(2)15-7-4-8-16(17)10-15/h3-10,13,18H,11H2,1-2H3. The van der Waals surface area contributed by atoms with Crippen LogP contribution in [0.15, 0.2) is 48.5 Å². The van der Waals surface area contributed by atoms with Gasteiger partial charge in [-0.25, -0.2) is 0 Å². The molecule has 0 bridgehead atoms. The van der Waals surface area contributed by atoms with E-state index in [0.29, 0.717) is 6.04 Å². The van der Waals surface area contributed by atoms with Gasteiger partial charge in [0.05, 0.1) is 0 Å². The predicted molar refractivity (Wildman–Crippen MR) is 77.9 cm³/mol. The molecule has 2 aromatic rings. The van der Waals surface area contributed by atoms with E-state index in [1.54, 1.807) is 0 Å². The van der Waals surface area contributed by atoms with Crippen molar-refractivity contribution < 1.29 is 0 Å². The van der Waals surface area contributed by atoms with Gasteiger partial charge in [-0.1, -0.05) is 53.6 Å². The Morgan fingerprint density at radius 3 is 2.61 bits per heavy atom. The summed E-state index contributed by atoms with van der Waals surface area (Å²) in [5, 5.41) is 4.30. The van der Waals surface area contributed by atoms with Crippen LogP contribution >= 0.6 is 11.6 Å². The molecule has 0 aromatic heterocycles. The smallest absolute Gasteiger partial charge is 0.0409 e. The van der Waals surface area contributed by atoms with Crippen molar-refractivity contribution >= 4 is 11.6 Å². The maximum absolute atomic E-state index is 6.00. The molecular formula is C16H18ClN. The first-order valence-electron chi connectivity index (χ1n) is 6.19. The lowest BCUT2D eigenvalue weighted by atomic mass is 10.1. The Labute approximate surface area is 114 Å². The zero-order chi connectivity index (χ0) is 13.0. The van der Waals surface area contributed by atoms with E-state index in [0.717, 1.165) is 11.6 Å². The van der Waals surface area contributed by atoms with Crippen molar-refractivity contribution in [2.45, 2.75) is 26.4 Å². The minimum atomic E-state index is 0.296. The van der Waals surface area contributed by atoms with Crippen molar-refractivity contribution in [1.29, 1.82) is 0 Å². The third-order valence-corrected chi connectivity index (χ3v) is 3.28. The van der Waals surface area contributed by atoms with Gasteiger partial charge in [0.25, 0.3) is 0 Å². The van der Waals surface area contributed by atoms with Crippen LogP contribution in [0.1, 0.15) is 29.7 Å². The normalized spacial score (nSPS) is 12.4. The summed E-state index contributed by atoms with van der Waals surface area (Å²) >= 11 is 6.00. The van der Waals surface area contributed by atoms with E-state index in [-0.39, 0.29) is 0 Å². The van der Waals surface area contributed by atoms with Crippen molar-refractivity contribution in [2.75, 3.05) is 0 Å². The molecule has 0 amide bonds. The Morgan fingerprint density at radius 1 is 1.11 bits per heavy atom. The van der Waals surface area contributed by atoms with E-state index < -0.39 is 0 Å². The van der Waals surface area contributed by atoms with Crippen LogP contribution in [0.2, 0.25) is 5.02 Å². The van der Waals surface area contributed by atoms with Gasteiger partial charge in [-0.3, -0.25) is 0 Å². The van der Waals surface area contributed by atoms with E-state index in [9.17, 15) is 0 Å². The molecule has 18 heavy (non-hydrogen) atoms. The molecule has 1 nitrogen and oxygen atoms in total. The minimum Gasteiger partial charge on any atom is -0.306 e. The van der Waals surface area contributed by atoms with E-state index >= 15 is 0 Å². The lowest BCUT2D eigenvalue weighted by Crippen LogP contribution is -2.18. The second kappa shape index (κ2) is 6.03. The van der Waals surface area contributed by atoms with Crippen LogP contribution in [0.25, 0.3) is 0 Å². The second-order valence-electron chi connectivity index (χ2n) is 4.65. The number of hydrogen-bond donors (Lipinski definition) is 1. The topological polar surface area (TPSA) is 12.0 Å². The average Bonchev–Trinajstić information content (AvgIpc) is 2.36. The molecule has 0 heterocycles. The van der Waals surface area contributed by atoms with Crippen LogP contribution in [0.5, 0.6) is 0 Å². The molecule has 0 radical (unpaired) electrons. The van der Waals surface area contributed by atoms with Crippen molar-refractivity contribution in [3.8, 4) is 0 Å². The van der Waals surface area contributed by atoms with Crippen molar-refractivity contribution in [2.24, 2.45) is 0 Å². The Morgan fingerprint density at radius 2 is 1.89 bits per heavy atom. The van der Waals surface area contributed by atoms with Crippen LogP contribution in [0, 0.1) is 6.92 Å². The first-order valence-corrected chi connectivity index (χ1v) is 6.57. The summed E-state index contributed by atoms with van der Waals surface area (Å²) in [5.41, 5.74) is 3.82. The zero-order valence-corrected chi connectivity index (χ0v) is 11.5. The van der Waals surface area contributed by atoms with Gasteiger partial charge in [-0.15, -0.1) is 0 Å². The highest BCUT2D eigenvalue weighted by atomic mass is 35.5. The molecule has 0 aliphatic heterocycles. The highest BCUT2D eigenvalue weighted by Gasteiger charge is 2.05. The number of aryl methyl sites for hydroxylation is 1. The number of benzene rings is 2. The largest absolute Gasteiger partial charge is 0.306 e. The van der Waals surface area contributed by atoms with E-state index in [1.165, 1.54) is 16.7 Å². The van der Waals surface area contributed by atoms with Crippen LogP contribution < -0.4 is 5.32 Å². The van der Waals surface area contributed by atoms with Gasteiger partial charge >= 0.3 is 0 Å². The molecule has 1 atom stereocenters. The minimum absolute atomic E-state index is 0.296. The van der Waals surface area contributed by atoms with Crippen LogP contribution in [0.3, 0.4) is 0 Å². The molecule has 2 aromatic carbocycles. The summed E-state index contributed by atoms with van der Waals surface area (Å²) < 4.78 is 0. The van der Waals surface area contributed by atoms with Crippen molar-refractivity contribution in [1.82, 2.24) is 5.32 Å². The van der Waals surface area contributed by atoms with Gasteiger partial charge in [0.1, 0.15) is 0 Å². The third kappa shape index (κ3) is 3.59. The summed E-state index contributed by atoms with van der Waals surface area (Å²) in [7, 11) is 0. The molecule has 1 N–H and O–H groups in total. The summed E-state index contributed by atoms with van der Waals surface area (Å²) in [5.74, 6) is 0. The highest BCUT2D eigenvalue weighted by Crippen LogP contribution is 2.17. The van der Waals surface area contributed by atoms with Crippen molar-refractivity contribution in [3.63, 3.8) is 0 Å². The molecule has 2 rings (SSSR count). The summed E-state index contributed by atoms with van der Waals surface area (Å²) in [6, 6.07) is 16.8. The Balaban J connectivity index is 1.98. The zero-order valence-electron chi connectivity index (χ0n) is 10.8.